The molecule has 1 aliphatic carbocycles. The minimum atomic E-state index is -0.0977. The molecule has 0 aromatic heterocycles. The highest BCUT2D eigenvalue weighted by molar-refractivity contribution is 5.97. The largest absolute Gasteiger partial charge is 0.454 e. The number of piperazine rings is 1. The fraction of sp³-hybridized carbons (Fsp3) is 0.440. The summed E-state index contributed by atoms with van der Waals surface area (Å²) in [5.74, 6) is 1.98. The van der Waals surface area contributed by atoms with Crippen molar-refractivity contribution in [1.82, 2.24) is 15.5 Å². The highest BCUT2D eigenvalue weighted by Crippen LogP contribution is 2.40. The first-order chi connectivity index (χ1) is 15.6. The first kappa shape index (κ1) is 20.8. The highest BCUT2D eigenvalue weighted by Gasteiger charge is 2.29. The van der Waals surface area contributed by atoms with Crippen LogP contribution in [0.15, 0.2) is 42.5 Å². The molecule has 1 unspecified atom stereocenters. The zero-order valence-corrected chi connectivity index (χ0v) is 18.3. The van der Waals surface area contributed by atoms with Gasteiger partial charge < -0.3 is 25.0 Å². The van der Waals surface area contributed by atoms with Crippen LogP contribution in [0.25, 0.3) is 0 Å². The fourth-order valence-corrected chi connectivity index (χ4v) is 5.07. The molecule has 0 spiro atoms. The molecular formula is C25H29N3O4. The van der Waals surface area contributed by atoms with Gasteiger partial charge in [-0.25, -0.2) is 0 Å². The van der Waals surface area contributed by atoms with E-state index in [2.05, 4.69) is 35.8 Å². The number of fused-ring (bicyclic) bond motifs is 1. The molecule has 2 aromatic rings. The minimum Gasteiger partial charge on any atom is -0.454 e. The molecule has 0 bridgehead atoms. The third-order valence-electron chi connectivity index (χ3n) is 6.77. The number of hydrogen-bond acceptors (Lipinski definition) is 5. The second kappa shape index (κ2) is 8.82. The van der Waals surface area contributed by atoms with Gasteiger partial charge in [-0.15, -0.1) is 0 Å². The van der Waals surface area contributed by atoms with E-state index in [1.807, 2.05) is 24.3 Å². The van der Waals surface area contributed by atoms with E-state index in [0.29, 0.717) is 30.6 Å². The van der Waals surface area contributed by atoms with E-state index in [9.17, 15) is 9.59 Å². The van der Waals surface area contributed by atoms with E-state index in [4.69, 9.17) is 9.47 Å². The number of amides is 2. The Balaban J connectivity index is 1.19. The van der Waals surface area contributed by atoms with Crippen molar-refractivity contribution in [3.63, 3.8) is 0 Å². The van der Waals surface area contributed by atoms with Crippen molar-refractivity contribution in [2.75, 3.05) is 26.4 Å². The van der Waals surface area contributed by atoms with Crippen LogP contribution in [0.2, 0.25) is 0 Å². The third-order valence-corrected chi connectivity index (χ3v) is 6.77. The zero-order chi connectivity index (χ0) is 22.1. The summed E-state index contributed by atoms with van der Waals surface area (Å²) in [5, 5.41) is 6.52. The number of hydrogen-bond donors (Lipinski definition) is 2. The molecule has 2 N–H and O–H groups in total. The Morgan fingerprint density at radius 1 is 1.16 bits per heavy atom. The molecule has 2 fully saturated rings. The van der Waals surface area contributed by atoms with Gasteiger partial charge in [0.2, 0.25) is 12.7 Å². The summed E-state index contributed by atoms with van der Waals surface area (Å²) >= 11 is 0. The summed E-state index contributed by atoms with van der Waals surface area (Å²) in [7, 11) is 0. The molecule has 0 radical (unpaired) electrons. The number of nitrogens with one attached hydrogen (secondary N) is 2. The Labute approximate surface area is 188 Å². The van der Waals surface area contributed by atoms with Crippen LogP contribution >= 0.6 is 0 Å². The average Bonchev–Trinajstić information content (AvgIpc) is 3.48. The topological polar surface area (TPSA) is 79.9 Å². The Morgan fingerprint density at radius 3 is 2.81 bits per heavy atom. The summed E-state index contributed by atoms with van der Waals surface area (Å²) in [6, 6.07) is 14.6. The number of benzene rings is 2. The smallest absolute Gasteiger partial charge is 0.254 e. The van der Waals surface area contributed by atoms with Gasteiger partial charge in [-0.2, -0.15) is 0 Å². The van der Waals surface area contributed by atoms with Crippen molar-refractivity contribution in [2.45, 2.75) is 44.2 Å². The van der Waals surface area contributed by atoms with Crippen LogP contribution in [0.4, 0.5) is 0 Å². The van der Waals surface area contributed by atoms with E-state index < -0.39 is 0 Å². The quantitative estimate of drug-likeness (QED) is 0.755. The maximum Gasteiger partial charge on any atom is 0.254 e. The van der Waals surface area contributed by atoms with E-state index in [1.165, 1.54) is 5.56 Å². The summed E-state index contributed by atoms with van der Waals surface area (Å²) in [6.45, 7) is 3.67. The standard InChI is InChI=1S/C25H29N3O4/c1-16(21-3-2-4-22-24(21)32-15-31-22)27-20-10-9-19(13-20)17-5-7-18(8-6-17)25(30)28-12-11-26-23(29)14-28/h2-8,16,19-20,27H,9-15H2,1H3,(H,26,29)/t16-,19?,20+/m1/s1. The molecule has 7 nitrogen and oxygen atoms in total. The monoisotopic (exact) mass is 435 g/mol. The maximum absolute atomic E-state index is 12.7. The maximum atomic E-state index is 12.7. The summed E-state index contributed by atoms with van der Waals surface area (Å²) in [4.78, 5) is 25.9. The minimum absolute atomic E-state index is 0.0761. The Hall–Kier alpha value is -3.06. The second-order valence-electron chi connectivity index (χ2n) is 8.87. The summed E-state index contributed by atoms with van der Waals surface area (Å²) in [6.07, 6.45) is 3.30. The van der Waals surface area contributed by atoms with Gasteiger partial charge in [0.05, 0.1) is 6.54 Å². The van der Waals surface area contributed by atoms with Crippen molar-refractivity contribution < 1.29 is 19.1 Å². The first-order valence-corrected chi connectivity index (χ1v) is 11.4. The summed E-state index contributed by atoms with van der Waals surface area (Å²) < 4.78 is 11.2. The number of nitrogens with zero attached hydrogens (tertiary/aromatic N) is 1. The lowest BCUT2D eigenvalue weighted by Gasteiger charge is -2.26. The molecule has 1 saturated heterocycles. The molecule has 32 heavy (non-hydrogen) atoms. The molecular weight excluding hydrogens is 406 g/mol. The van der Waals surface area contributed by atoms with Gasteiger partial charge in [0.25, 0.3) is 5.91 Å². The molecule has 168 valence electrons. The number of carbonyl (C=O) groups excluding carboxylic acids is 2. The molecule has 2 amide bonds. The van der Waals surface area contributed by atoms with Crippen molar-refractivity contribution in [2.24, 2.45) is 0 Å². The van der Waals surface area contributed by atoms with E-state index in [1.54, 1.807) is 4.90 Å². The van der Waals surface area contributed by atoms with Gasteiger partial charge >= 0.3 is 0 Å². The number of para-hydroxylation sites is 1. The molecule has 2 aliphatic heterocycles. The Kier molecular flexibility index (Phi) is 5.74. The molecule has 2 heterocycles. The van der Waals surface area contributed by atoms with Crippen molar-refractivity contribution >= 4 is 11.8 Å². The lowest BCUT2D eigenvalue weighted by molar-refractivity contribution is -0.123. The van der Waals surface area contributed by atoms with Gasteiger partial charge in [0, 0.05) is 36.3 Å². The van der Waals surface area contributed by atoms with Gasteiger partial charge in [-0.05, 0) is 55.9 Å². The van der Waals surface area contributed by atoms with Crippen LogP contribution in [0.1, 0.15) is 59.6 Å². The summed E-state index contributed by atoms with van der Waals surface area (Å²) in [5.41, 5.74) is 3.05. The Morgan fingerprint density at radius 2 is 2.00 bits per heavy atom. The van der Waals surface area contributed by atoms with Gasteiger partial charge in [0.1, 0.15) is 0 Å². The first-order valence-electron chi connectivity index (χ1n) is 11.4. The lowest BCUT2D eigenvalue weighted by atomic mass is 9.96. The van der Waals surface area contributed by atoms with Crippen molar-refractivity contribution in [3.8, 4) is 11.5 Å². The third kappa shape index (κ3) is 4.17. The number of rotatable bonds is 5. The van der Waals surface area contributed by atoms with Gasteiger partial charge in [0.15, 0.2) is 11.5 Å². The van der Waals surface area contributed by atoms with Crippen LogP contribution in [-0.2, 0) is 4.79 Å². The number of ether oxygens (including phenoxy) is 2. The van der Waals surface area contributed by atoms with Crippen LogP contribution in [-0.4, -0.2) is 49.2 Å². The van der Waals surface area contributed by atoms with Crippen LogP contribution in [0, 0.1) is 0 Å². The van der Waals surface area contributed by atoms with Gasteiger partial charge in [-0.3, -0.25) is 9.59 Å². The van der Waals surface area contributed by atoms with E-state index in [-0.39, 0.29) is 31.2 Å². The predicted octanol–water partition coefficient (Wildman–Crippen LogP) is 2.97. The van der Waals surface area contributed by atoms with E-state index in [0.717, 1.165) is 36.3 Å². The van der Waals surface area contributed by atoms with E-state index >= 15 is 0 Å². The van der Waals surface area contributed by atoms with Crippen LogP contribution in [0.3, 0.4) is 0 Å². The van der Waals surface area contributed by atoms with Crippen LogP contribution < -0.4 is 20.1 Å². The molecule has 7 heteroatoms. The van der Waals surface area contributed by atoms with Gasteiger partial charge in [-0.1, -0.05) is 24.3 Å². The van der Waals surface area contributed by atoms with Crippen molar-refractivity contribution in [1.29, 1.82) is 0 Å². The fourth-order valence-electron chi connectivity index (χ4n) is 5.07. The number of carbonyl (C=O) groups is 2. The molecule has 3 atom stereocenters. The van der Waals surface area contributed by atoms with Crippen LogP contribution in [0.5, 0.6) is 11.5 Å². The molecule has 3 aliphatic rings. The van der Waals surface area contributed by atoms with Crippen molar-refractivity contribution in [3.05, 3.63) is 59.2 Å². The average molecular weight is 436 g/mol. The SMILES string of the molecule is C[C@@H](N[C@H]1CCC(c2ccc(C(=O)N3CCNC(=O)C3)cc2)C1)c1cccc2c1OCO2. The highest BCUT2D eigenvalue weighted by atomic mass is 16.7. The zero-order valence-electron chi connectivity index (χ0n) is 18.3. The Bertz CT molecular complexity index is 1010. The predicted molar refractivity (Wildman–Crippen MR) is 120 cm³/mol. The molecule has 2 aromatic carbocycles. The normalized spacial score (nSPS) is 23.2. The second-order valence-corrected chi connectivity index (χ2v) is 8.87. The molecule has 5 rings (SSSR count). The lowest BCUT2D eigenvalue weighted by Crippen LogP contribution is -2.49. The molecule has 1 saturated carbocycles.